The number of nitrogens with zero attached hydrogens (tertiary/aromatic N) is 1. The van der Waals surface area contributed by atoms with Crippen LogP contribution in [-0.2, 0) is 4.79 Å². The summed E-state index contributed by atoms with van der Waals surface area (Å²) < 4.78 is 0. The second-order valence-electron chi connectivity index (χ2n) is 4.24. The molecule has 0 aromatic rings. The Hall–Kier alpha value is -0.650. The first-order valence-electron chi connectivity index (χ1n) is 5.48. The topological polar surface area (TPSA) is 78.6 Å². The number of nitrogens with one attached hydrogen (secondary N) is 1. The number of hydrogen-bond donors (Lipinski definition) is 3. The van der Waals surface area contributed by atoms with Crippen molar-refractivity contribution in [3.63, 3.8) is 0 Å². The minimum Gasteiger partial charge on any atom is -0.382 e. The largest absolute Gasteiger partial charge is 0.382 e. The summed E-state index contributed by atoms with van der Waals surface area (Å²) in [6.07, 6.45) is 1.15. The number of carbonyl (C=O) groups is 1. The third-order valence-corrected chi connectivity index (χ3v) is 2.93. The lowest BCUT2D eigenvalue weighted by Gasteiger charge is -2.29. The van der Waals surface area contributed by atoms with Crippen molar-refractivity contribution in [3.8, 4) is 0 Å². The molecule has 1 saturated heterocycles. The van der Waals surface area contributed by atoms with Crippen LogP contribution in [0.2, 0.25) is 0 Å². The summed E-state index contributed by atoms with van der Waals surface area (Å²) in [5, 5.41) is 11.9. The van der Waals surface area contributed by atoms with Gasteiger partial charge in [-0.1, -0.05) is 0 Å². The molecule has 1 unspecified atom stereocenters. The van der Waals surface area contributed by atoms with Crippen molar-refractivity contribution in [2.75, 3.05) is 33.2 Å². The Morgan fingerprint density at radius 1 is 1.60 bits per heavy atom. The highest BCUT2D eigenvalue weighted by Crippen LogP contribution is 2.14. The molecule has 1 amide bonds. The van der Waals surface area contributed by atoms with E-state index in [-0.39, 0.29) is 12.5 Å². The molecule has 5 nitrogen and oxygen atoms in total. The number of carbonyl (C=O) groups excluding carboxylic acids is 1. The average molecular weight is 215 g/mol. The number of nitrogens with two attached hydrogens (primary N) is 1. The van der Waals surface area contributed by atoms with Crippen LogP contribution in [0.5, 0.6) is 0 Å². The normalized spacial score (nSPS) is 21.3. The van der Waals surface area contributed by atoms with Gasteiger partial charge in [-0.05, 0) is 38.9 Å². The van der Waals surface area contributed by atoms with Crippen molar-refractivity contribution in [1.82, 2.24) is 10.2 Å². The molecule has 15 heavy (non-hydrogen) atoms. The first-order valence-corrected chi connectivity index (χ1v) is 5.48. The molecule has 0 aromatic heterocycles. The third-order valence-electron chi connectivity index (χ3n) is 2.93. The summed E-state index contributed by atoms with van der Waals surface area (Å²) in [4.78, 5) is 13.5. The average Bonchev–Trinajstić information content (AvgIpc) is 2.26. The van der Waals surface area contributed by atoms with Gasteiger partial charge < -0.3 is 21.1 Å². The first kappa shape index (κ1) is 12.4. The Morgan fingerprint density at radius 2 is 2.20 bits per heavy atom. The fourth-order valence-electron chi connectivity index (χ4n) is 1.74. The SMILES string of the molecule is CN1CCC(CNC(=O)C(O)CN)CC1. The van der Waals surface area contributed by atoms with E-state index in [1.165, 1.54) is 0 Å². The van der Waals surface area contributed by atoms with Gasteiger partial charge in [0.1, 0.15) is 6.10 Å². The van der Waals surface area contributed by atoms with Gasteiger partial charge in [0.15, 0.2) is 0 Å². The fraction of sp³-hybridized carbons (Fsp3) is 0.900. The number of rotatable bonds is 4. The van der Waals surface area contributed by atoms with Crippen LogP contribution >= 0.6 is 0 Å². The summed E-state index contributed by atoms with van der Waals surface area (Å²) in [7, 11) is 2.10. The van der Waals surface area contributed by atoms with E-state index in [1.54, 1.807) is 0 Å². The summed E-state index contributed by atoms with van der Waals surface area (Å²) in [5.41, 5.74) is 5.18. The quantitative estimate of drug-likeness (QED) is 0.548. The molecule has 0 spiro atoms. The molecular weight excluding hydrogens is 194 g/mol. The van der Waals surface area contributed by atoms with Crippen molar-refractivity contribution in [2.45, 2.75) is 18.9 Å². The lowest BCUT2D eigenvalue weighted by Crippen LogP contribution is -2.43. The lowest BCUT2D eigenvalue weighted by atomic mass is 9.97. The molecule has 1 fully saturated rings. The smallest absolute Gasteiger partial charge is 0.250 e. The number of aliphatic hydroxyl groups excluding tert-OH is 1. The van der Waals surface area contributed by atoms with Crippen LogP contribution in [0, 0.1) is 5.92 Å². The van der Waals surface area contributed by atoms with Gasteiger partial charge >= 0.3 is 0 Å². The Bertz CT molecular complexity index is 203. The van der Waals surface area contributed by atoms with Crippen molar-refractivity contribution in [2.24, 2.45) is 11.7 Å². The second-order valence-corrected chi connectivity index (χ2v) is 4.24. The van der Waals surface area contributed by atoms with E-state index < -0.39 is 6.10 Å². The standard InChI is InChI=1S/C10H21N3O2/c1-13-4-2-8(3-5-13)7-12-10(15)9(14)6-11/h8-9,14H,2-7,11H2,1H3,(H,12,15). The van der Waals surface area contributed by atoms with E-state index >= 15 is 0 Å². The molecule has 0 saturated carbocycles. The van der Waals surface area contributed by atoms with E-state index in [9.17, 15) is 4.79 Å². The molecule has 0 bridgehead atoms. The second kappa shape index (κ2) is 6.05. The number of aliphatic hydroxyl groups is 1. The van der Waals surface area contributed by atoms with Crippen LogP contribution in [0.15, 0.2) is 0 Å². The molecule has 88 valence electrons. The van der Waals surface area contributed by atoms with Crippen LogP contribution in [-0.4, -0.2) is 55.2 Å². The van der Waals surface area contributed by atoms with E-state index in [2.05, 4.69) is 17.3 Å². The Labute approximate surface area is 90.6 Å². The van der Waals surface area contributed by atoms with Crippen LogP contribution in [0.3, 0.4) is 0 Å². The minimum absolute atomic E-state index is 0.0146. The van der Waals surface area contributed by atoms with E-state index in [0.717, 1.165) is 25.9 Å². The van der Waals surface area contributed by atoms with Crippen LogP contribution in [0.4, 0.5) is 0 Å². The molecule has 5 heteroatoms. The molecule has 1 rings (SSSR count). The number of amides is 1. The van der Waals surface area contributed by atoms with E-state index in [0.29, 0.717) is 12.5 Å². The Morgan fingerprint density at radius 3 is 2.73 bits per heavy atom. The Kier molecular flexibility index (Phi) is 5.01. The number of hydrogen-bond acceptors (Lipinski definition) is 4. The lowest BCUT2D eigenvalue weighted by molar-refractivity contribution is -0.129. The Balaban J connectivity index is 2.17. The molecular formula is C10H21N3O2. The molecule has 1 aliphatic rings. The van der Waals surface area contributed by atoms with Gasteiger partial charge in [0, 0.05) is 13.1 Å². The predicted molar refractivity (Wildman–Crippen MR) is 58.3 cm³/mol. The molecule has 0 aromatic carbocycles. The predicted octanol–water partition coefficient (Wildman–Crippen LogP) is -1.24. The molecule has 0 aliphatic carbocycles. The molecule has 1 atom stereocenters. The minimum atomic E-state index is -1.06. The summed E-state index contributed by atoms with van der Waals surface area (Å²) in [5.74, 6) is 0.187. The summed E-state index contributed by atoms with van der Waals surface area (Å²) in [6.45, 7) is 2.81. The van der Waals surface area contributed by atoms with E-state index in [4.69, 9.17) is 10.8 Å². The van der Waals surface area contributed by atoms with Gasteiger partial charge in [0.05, 0.1) is 0 Å². The maximum atomic E-state index is 11.2. The number of piperidine rings is 1. The van der Waals surface area contributed by atoms with Crippen molar-refractivity contribution in [3.05, 3.63) is 0 Å². The monoisotopic (exact) mass is 215 g/mol. The maximum absolute atomic E-state index is 11.2. The first-order chi connectivity index (χ1) is 7.13. The summed E-state index contributed by atoms with van der Waals surface area (Å²) >= 11 is 0. The van der Waals surface area contributed by atoms with Crippen molar-refractivity contribution in [1.29, 1.82) is 0 Å². The molecule has 0 radical (unpaired) electrons. The number of likely N-dealkylation sites (tertiary alicyclic amines) is 1. The molecule has 4 N–H and O–H groups in total. The molecule has 1 heterocycles. The molecule has 1 aliphatic heterocycles. The maximum Gasteiger partial charge on any atom is 0.250 e. The van der Waals surface area contributed by atoms with Gasteiger partial charge in [0.2, 0.25) is 5.91 Å². The van der Waals surface area contributed by atoms with Gasteiger partial charge in [-0.25, -0.2) is 0 Å². The van der Waals surface area contributed by atoms with Crippen LogP contribution in [0.25, 0.3) is 0 Å². The fourth-order valence-corrected chi connectivity index (χ4v) is 1.74. The van der Waals surface area contributed by atoms with Gasteiger partial charge in [0.25, 0.3) is 0 Å². The van der Waals surface area contributed by atoms with Crippen LogP contribution in [0.1, 0.15) is 12.8 Å². The van der Waals surface area contributed by atoms with Gasteiger partial charge in [-0.15, -0.1) is 0 Å². The third kappa shape index (κ3) is 4.15. The van der Waals surface area contributed by atoms with E-state index in [1.807, 2.05) is 0 Å². The van der Waals surface area contributed by atoms with Crippen molar-refractivity contribution >= 4 is 5.91 Å². The highest BCUT2D eigenvalue weighted by molar-refractivity contribution is 5.80. The zero-order valence-corrected chi connectivity index (χ0v) is 9.28. The highest BCUT2D eigenvalue weighted by Gasteiger charge is 2.18. The zero-order valence-electron chi connectivity index (χ0n) is 9.28. The van der Waals surface area contributed by atoms with Crippen molar-refractivity contribution < 1.29 is 9.90 Å². The van der Waals surface area contributed by atoms with Crippen LogP contribution < -0.4 is 11.1 Å². The van der Waals surface area contributed by atoms with Gasteiger partial charge in [-0.2, -0.15) is 0 Å². The summed E-state index contributed by atoms with van der Waals surface area (Å²) in [6, 6.07) is 0. The highest BCUT2D eigenvalue weighted by atomic mass is 16.3. The van der Waals surface area contributed by atoms with Gasteiger partial charge in [-0.3, -0.25) is 4.79 Å². The zero-order chi connectivity index (χ0) is 11.3.